The summed E-state index contributed by atoms with van der Waals surface area (Å²) < 4.78 is 9.37. The number of nitro groups is 1. The molecule has 11 heteroatoms. The fourth-order valence-electron chi connectivity index (χ4n) is 3.34. The highest BCUT2D eigenvalue weighted by Crippen LogP contribution is 2.47. The van der Waals surface area contributed by atoms with Crippen LogP contribution in [0.3, 0.4) is 0 Å². The minimum Gasteiger partial charge on any atom is -0.508 e. The molecule has 2 rings (SSSR count). The number of phenols is 1. The number of carbonyl (C=O) groups is 3. The average Bonchev–Trinajstić information content (AvgIpc) is 2.95. The molecule has 0 spiro atoms. The molecule has 11 nitrogen and oxygen atoms in total. The van der Waals surface area contributed by atoms with Gasteiger partial charge in [-0.1, -0.05) is 0 Å². The molecule has 1 aliphatic heterocycles. The van der Waals surface area contributed by atoms with E-state index in [1.54, 1.807) is 0 Å². The summed E-state index contributed by atoms with van der Waals surface area (Å²) in [6.07, 6.45) is 0. The van der Waals surface area contributed by atoms with Crippen LogP contribution in [0.5, 0.6) is 5.75 Å². The number of aromatic hydroxyl groups is 1. The second-order valence-corrected chi connectivity index (χ2v) is 6.18. The molecule has 4 atom stereocenters. The van der Waals surface area contributed by atoms with Gasteiger partial charge in [-0.25, -0.2) is 0 Å². The Balaban J connectivity index is 2.69. The monoisotopic (exact) mass is 382 g/mol. The van der Waals surface area contributed by atoms with Crippen LogP contribution in [0.25, 0.3) is 0 Å². The van der Waals surface area contributed by atoms with Crippen molar-refractivity contribution in [3.05, 3.63) is 33.9 Å². The number of benzene rings is 1. The molecule has 1 saturated heterocycles. The molecule has 0 amide bonds. The minimum atomic E-state index is -1.95. The number of phenolic OH excluding ortho intramolecular Hbond substituents is 1. The van der Waals surface area contributed by atoms with Crippen LogP contribution in [0.1, 0.15) is 18.5 Å². The summed E-state index contributed by atoms with van der Waals surface area (Å²) in [4.78, 5) is 46.9. The number of nitro benzene ring substituents is 1. The van der Waals surface area contributed by atoms with Crippen molar-refractivity contribution in [2.75, 3.05) is 14.2 Å². The summed E-state index contributed by atoms with van der Waals surface area (Å²) in [5, 5.41) is 33.5. The Hall–Kier alpha value is -3.21. The number of aliphatic carboxylic acids is 1. The summed E-state index contributed by atoms with van der Waals surface area (Å²) >= 11 is 0. The highest BCUT2D eigenvalue weighted by molar-refractivity contribution is 5.93. The van der Waals surface area contributed by atoms with Crippen LogP contribution in [0.2, 0.25) is 0 Å². The lowest BCUT2D eigenvalue weighted by atomic mass is 9.78. The predicted molar refractivity (Wildman–Crippen MR) is 87.7 cm³/mol. The van der Waals surface area contributed by atoms with Gasteiger partial charge in [0.05, 0.1) is 31.1 Å². The van der Waals surface area contributed by atoms with Crippen LogP contribution in [0, 0.1) is 22.0 Å². The van der Waals surface area contributed by atoms with Gasteiger partial charge < -0.3 is 19.7 Å². The molecule has 1 unspecified atom stereocenters. The number of nitrogens with zero attached hydrogens (tertiary/aromatic N) is 1. The number of carboxylic acid groups (broad SMARTS) is 1. The van der Waals surface area contributed by atoms with Gasteiger partial charge in [-0.15, -0.1) is 0 Å². The SMILES string of the molecule is COC(=O)[C@@H]1[C@@H](c2cc([N+](=O)[O-])ccc2O)NC(C)(C(=O)O)[C@H]1C(=O)OC. The van der Waals surface area contributed by atoms with E-state index in [4.69, 9.17) is 4.74 Å². The topological polar surface area (TPSA) is 165 Å². The summed E-state index contributed by atoms with van der Waals surface area (Å²) in [7, 11) is 2.09. The van der Waals surface area contributed by atoms with E-state index in [-0.39, 0.29) is 11.3 Å². The van der Waals surface area contributed by atoms with Crippen molar-refractivity contribution in [1.29, 1.82) is 0 Å². The van der Waals surface area contributed by atoms with Crippen LogP contribution in [-0.2, 0) is 23.9 Å². The van der Waals surface area contributed by atoms with Gasteiger partial charge >= 0.3 is 17.9 Å². The molecular weight excluding hydrogens is 364 g/mol. The van der Waals surface area contributed by atoms with E-state index in [1.165, 1.54) is 6.92 Å². The lowest BCUT2D eigenvalue weighted by molar-refractivity contribution is -0.385. The first-order chi connectivity index (χ1) is 12.6. The first-order valence-electron chi connectivity index (χ1n) is 7.72. The van der Waals surface area contributed by atoms with Gasteiger partial charge in [-0.3, -0.25) is 29.8 Å². The van der Waals surface area contributed by atoms with Crippen LogP contribution in [0.15, 0.2) is 18.2 Å². The molecule has 0 radical (unpaired) electrons. The molecular formula is C16H18N2O9. The van der Waals surface area contributed by atoms with Crippen LogP contribution >= 0.6 is 0 Å². The van der Waals surface area contributed by atoms with Crippen LogP contribution in [0.4, 0.5) is 5.69 Å². The predicted octanol–water partition coefficient (Wildman–Crippen LogP) is 0.366. The molecule has 0 saturated carbocycles. The van der Waals surface area contributed by atoms with E-state index in [2.05, 4.69) is 10.1 Å². The summed E-state index contributed by atoms with van der Waals surface area (Å²) in [5.74, 6) is -6.67. The summed E-state index contributed by atoms with van der Waals surface area (Å²) in [5.41, 5.74) is -2.45. The van der Waals surface area contributed by atoms with E-state index in [1.807, 2.05) is 0 Å². The Kier molecular flexibility index (Phi) is 5.36. The fourth-order valence-corrected chi connectivity index (χ4v) is 3.34. The van der Waals surface area contributed by atoms with Crippen molar-refractivity contribution in [2.24, 2.45) is 11.8 Å². The van der Waals surface area contributed by atoms with Crippen molar-refractivity contribution < 1.29 is 39.0 Å². The van der Waals surface area contributed by atoms with E-state index < -0.39 is 52.0 Å². The number of methoxy groups -OCH3 is 2. The lowest BCUT2D eigenvalue weighted by Crippen LogP contribution is -2.53. The minimum absolute atomic E-state index is 0.113. The Morgan fingerprint density at radius 2 is 1.81 bits per heavy atom. The third-order valence-corrected chi connectivity index (χ3v) is 4.73. The standard InChI is InChI=1S/C16H18N2O9/c1-16(15(22)23)11(14(21)27-3)10(13(20)26-2)12(17-16)8-6-7(18(24)25)4-5-9(8)19/h4-6,10-12,17,19H,1-3H3,(H,22,23)/t10-,11+,12+,16?/m0/s1. The molecule has 146 valence electrons. The van der Waals surface area contributed by atoms with Gasteiger partial charge in [0, 0.05) is 17.7 Å². The smallest absolute Gasteiger partial charge is 0.324 e. The highest BCUT2D eigenvalue weighted by Gasteiger charge is 2.62. The largest absolute Gasteiger partial charge is 0.508 e. The van der Waals surface area contributed by atoms with E-state index in [0.29, 0.717) is 0 Å². The Labute approximate surface area is 153 Å². The first kappa shape index (κ1) is 20.1. The van der Waals surface area contributed by atoms with Crippen molar-refractivity contribution in [3.63, 3.8) is 0 Å². The van der Waals surface area contributed by atoms with Crippen molar-refractivity contribution >= 4 is 23.6 Å². The molecule has 1 heterocycles. The number of carbonyl (C=O) groups excluding carboxylic acids is 2. The maximum atomic E-state index is 12.4. The number of nitrogens with one attached hydrogen (secondary N) is 1. The van der Waals surface area contributed by atoms with E-state index in [0.717, 1.165) is 32.4 Å². The maximum absolute atomic E-state index is 12.4. The molecule has 1 aliphatic rings. The van der Waals surface area contributed by atoms with Crippen LogP contribution < -0.4 is 5.32 Å². The zero-order chi connectivity index (χ0) is 20.5. The molecule has 0 aliphatic carbocycles. The van der Waals surface area contributed by atoms with Gasteiger partial charge in [-0.2, -0.15) is 0 Å². The average molecular weight is 382 g/mol. The Morgan fingerprint density at radius 1 is 1.22 bits per heavy atom. The lowest BCUT2D eigenvalue weighted by Gasteiger charge is -2.26. The number of hydrogen-bond acceptors (Lipinski definition) is 9. The van der Waals surface area contributed by atoms with E-state index >= 15 is 0 Å². The van der Waals surface area contributed by atoms with Gasteiger partial charge in [0.2, 0.25) is 0 Å². The van der Waals surface area contributed by atoms with Crippen molar-refractivity contribution in [2.45, 2.75) is 18.5 Å². The second kappa shape index (κ2) is 7.19. The molecule has 1 aromatic rings. The first-order valence-corrected chi connectivity index (χ1v) is 7.72. The third-order valence-electron chi connectivity index (χ3n) is 4.73. The van der Waals surface area contributed by atoms with E-state index in [9.17, 15) is 34.7 Å². The van der Waals surface area contributed by atoms with Gasteiger partial charge in [-0.05, 0) is 13.0 Å². The number of carboxylic acids is 1. The number of ether oxygens (including phenoxy) is 2. The Bertz CT molecular complexity index is 809. The summed E-state index contributed by atoms with van der Waals surface area (Å²) in [6, 6.07) is 1.86. The number of hydrogen-bond donors (Lipinski definition) is 3. The number of esters is 2. The zero-order valence-corrected chi connectivity index (χ0v) is 14.7. The fraction of sp³-hybridized carbons (Fsp3) is 0.438. The van der Waals surface area contributed by atoms with Crippen molar-refractivity contribution in [1.82, 2.24) is 5.32 Å². The molecule has 0 bridgehead atoms. The number of rotatable bonds is 5. The van der Waals surface area contributed by atoms with Gasteiger partial charge in [0.1, 0.15) is 17.2 Å². The molecule has 3 N–H and O–H groups in total. The zero-order valence-electron chi connectivity index (χ0n) is 14.7. The molecule has 27 heavy (non-hydrogen) atoms. The van der Waals surface area contributed by atoms with Crippen molar-refractivity contribution in [3.8, 4) is 5.75 Å². The highest BCUT2D eigenvalue weighted by atomic mass is 16.6. The normalized spacial score (nSPS) is 27.0. The summed E-state index contributed by atoms with van der Waals surface area (Å²) in [6.45, 7) is 1.18. The Morgan fingerprint density at radius 3 is 2.30 bits per heavy atom. The molecule has 0 aromatic heterocycles. The maximum Gasteiger partial charge on any atom is 0.324 e. The molecule has 1 fully saturated rings. The molecule has 1 aromatic carbocycles. The van der Waals surface area contributed by atoms with Gasteiger partial charge in [0.15, 0.2) is 0 Å². The third kappa shape index (κ3) is 3.28. The van der Waals surface area contributed by atoms with Gasteiger partial charge in [0.25, 0.3) is 5.69 Å². The van der Waals surface area contributed by atoms with Crippen LogP contribution in [-0.4, -0.2) is 52.8 Å². The number of non-ortho nitro benzene ring substituents is 1. The quantitative estimate of drug-likeness (QED) is 0.368. The second-order valence-electron chi connectivity index (χ2n) is 6.18.